The first kappa shape index (κ1) is 17.3. The third kappa shape index (κ3) is 4.31. The second kappa shape index (κ2) is 7.57. The molecule has 0 amide bonds. The largest absolute Gasteiger partial charge is 0.397 e. The zero-order valence-electron chi connectivity index (χ0n) is 14.8. The van der Waals surface area contributed by atoms with Gasteiger partial charge in [-0.25, -0.2) is 10.8 Å². The molecule has 1 aromatic carbocycles. The summed E-state index contributed by atoms with van der Waals surface area (Å²) in [6.07, 6.45) is 9.95. The monoisotopic (exact) mass is 337 g/mol. The molecule has 0 bridgehead atoms. The summed E-state index contributed by atoms with van der Waals surface area (Å²) in [5.74, 6) is 7.02. The van der Waals surface area contributed by atoms with E-state index >= 15 is 0 Å². The van der Waals surface area contributed by atoms with Crippen LogP contribution in [0.15, 0.2) is 48.9 Å². The Kier molecular flexibility index (Phi) is 5.24. The van der Waals surface area contributed by atoms with E-state index in [0.717, 1.165) is 27.9 Å². The van der Waals surface area contributed by atoms with Gasteiger partial charge in [0, 0.05) is 30.5 Å². The minimum absolute atomic E-state index is 0.552. The maximum absolute atomic E-state index is 6.10. The van der Waals surface area contributed by atoms with Crippen LogP contribution in [-0.2, 0) is 0 Å². The maximum Gasteiger partial charge on any atom is 0.130 e. The quantitative estimate of drug-likeness (QED) is 0.571. The van der Waals surface area contributed by atoms with Crippen LogP contribution in [0.2, 0.25) is 0 Å². The summed E-state index contributed by atoms with van der Waals surface area (Å²) in [5, 5.41) is 7.02. The van der Waals surface area contributed by atoms with Crippen LogP contribution < -0.4 is 16.9 Å². The van der Waals surface area contributed by atoms with Gasteiger partial charge in [0.05, 0.1) is 5.70 Å². The SMILES string of the molecule is C=C(Nc1cc2cc(/C(N)=C/N(C)N)ccc2cn1)C1CCCCC1. The zero-order chi connectivity index (χ0) is 17.8. The predicted molar refractivity (Wildman–Crippen MR) is 105 cm³/mol. The van der Waals surface area contributed by atoms with Crippen molar-refractivity contribution in [2.24, 2.45) is 17.5 Å². The van der Waals surface area contributed by atoms with Crippen LogP contribution in [0.3, 0.4) is 0 Å². The number of fused-ring (bicyclic) bond motifs is 1. The van der Waals surface area contributed by atoms with E-state index < -0.39 is 0 Å². The summed E-state index contributed by atoms with van der Waals surface area (Å²) < 4.78 is 0. The molecule has 0 radical (unpaired) electrons. The number of nitrogens with one attached hydrogen (secondary N) is 1. The van der Waals surface area contributed by atoms with Crippen molar-refractivity contribution in [2.45, 2.75) is 32.1 Å². The van der Waals surface area contributed by atoms with E-state index in [4.69, 9.17) is 11.6 Å². The molecule has 25 heavy (non-hydrogen) atoms. The third-order valence-electron chi connectivity index (χ3n) is 4.78. The van der Waals surface area contributed by atoms with Gasteiger partial charge in [0.15, 0.2) is 0 Å². The van der Waals surface area contributed by atoms with Gasteiger partial charge < -0.3 is 16.1 Å². The van der Waals surface area contributed by atoms with Crippen LogP contribution in [0.4, 0.5) is 5.82 Å². The molecule has 5 nitrogen and oxygen atoms in total. The van der Waals surface area contributed by atoms with Crippen LogP contribution in [-0.4, -0.2) is 17.0 Å². The minimum Gasteiger partial charge on any atom is -0.397 e. The lowest BCUT2D eigenvalue weighted by molar-refractivity contribution is 0.405. The average molecular weight is 337 g/mol. The number of nitrogens with zero attached hydrogens (tertiary/aromatic N) is 2. The van der Waals surface area contributed by atoms with E-state index in [1.807, 2.05) is 24.4 Å². The Morgan fingerprint density at radius 3 is 2.72 bits per heavy atom. The van der Waals surface area contributed by atoms with Gasteiger partial charge in [0.2, 0.25) is 0 Å². The third-order valence-corrected chi connectivity index (χ3v) is 4.78. The van der Waals surface area contributed by atoms with Gasteiger partial charge >= 0.3 is 0 Å². The van der Waals surface area contributed by atoms with Crippen molar-refractivity contribution in [3.8, 4) is 0 Å². The van der Waals surface area contributed by atoms with Crippen molar-refractivity contribution in [1.29, 1.82) is 0 Å². The second-order valence-electron chi connectivity index (χ2n) is 6.87. The van der Waals surface area contributed by atoms with Crippen LogP contribution >= 0.6 is 0 Å². The average Bonchev–Trinajstić information content (AvgIpc) is 2.61. The van der Waals surface area contributed by atoms with Crippen molar-refractivity contribution in [1.82, 2.24) is 9.99 Å². The van der Waals surface area contributed by atoms with E-state index in [2.05, 4.69) is 22.9 Å². The highest BCUT2D eigenvalue weighted by Gasteiger charge is 2.16. The standard InChI is InChI=1S/C20H27N5/c1-14(15-6-4-3-5-7-15)24-20-11-18-10-16(19(21)13-25(2)22)8-9-17(18)12-23-20/h8-13,15H,1,3-7,21-22H2,2H3,(H,23,24)/b19-13-. The molecule has 5 N–H and O–H groups in total. The molecule has 0 aliphatic heterocycles. The van der Waals surface area contributed by atoms with Gasteiger partial charge in [0.25, 0.3) is 0 Å². The zero-order valence-corrected chi connectivity index (χ0v) is 14.8. The molecule has 0 spiro atoms. The Labute approximate surface area is 149 Å². The first-order valence-corrected chi connectivity index (χ1v) is 8.84. The van der Waals surface area contributed by atoms with Crippen molar-refractivity contribution in [3.63, 3.8) is 0 Å². The van der Waals surface area contributed by atoms with Crippen LogP contribution in [0.1, 0.15) is 37.7 Å². The van der Waals surface area contributed by atoms with Gasteiger partial charge in [-0.15, -0.1) is 0 Å². The van der Waals surface area contributed by atoms with E-state index in [1.54, 1.807) is 13.2 Å². The number of pyridine rings is 1. The topological polar surface area (TPSA) is 80.2 Å². The van der Waals surface area contributed by atoms with E-state index in [9.17, 15) is 0 Å². The molecule has 5 heteroatoms. The fraction of sp³-hybridized carbons (Fsp3) is 0.350. The molecule has 1 fully saturated rings. The van der Waals surface area contributed by atoms with E-state index in [0.29, 0.717) is 11.6 Å². The molecular weight excluding hydrogens is 310 g/mol. The lowest BCUT2D eigenvalue weighted by atomic mass is 9.87. The number of allylic oxidation sites excluding steroid dienone is 1. The molecule has 0 atom stereocenters. The summed E-state index contributed by atoms with van der Waals surface area (Å²) in [6.45, 7) is 4.23. The normalized spacial score (nSPS) is 16.0. The predicted octanol–water partition coefficient (Wildman–Crippen LogP) is 3.80. The summed E-state index contributed by atoms with van der Waals surface area (Å²) in [7, 11) is 1.75. The molecule has 1 saturated carbocycles. The Hall–Kier alpha value is -2.53. The molecule has 132 valence electrons. The molecule has 0 saturated heterocycles. The fourth-order valence-electron chi connectivity index (χ4n) is 3.40. The molecule has 1 aromatic heterocycles. The number of aromatic nitrogens is 1. The summed E-state index contributed by atoms with van der Waals surface area (Å²) in [4.78, 5) is 4.52. The van der Waals surface area contributed by atoms with E-state index in [1.165, 1.54) is 37.1 Å². The number of hydrazine groups is 1. The van der Waals surface area contributed by atoms with E-state index in [-0.39, 0.29) is 0 Å². The smallest absolute Gasteiger partial charge is 0.130 e. The lowest BCUT2D eigenvalue weighted by Gasteiger charge is -2.24. The minimum atomic E-state index is 0.552. The van der Waals surface area contributed by atoms with Crippen LogP contribution in [0.25, 0.3) is 16.5 Å². The van der Waals surface area contributed by atoms with Crippen molar-refractivity contribution >= 4 is 22.3 Å². The lowest BCUT2D eigenvalue weighted by Crippen LogP contribution is -2.20. The Morgan fingerprint density at radius 2 is 2.00 bits per heavy atom. The highest BCUT2D eigenvalue weighted by Crippen LogP contribution is 2.30. The van der Waals surface area contributed by atoms with Gasteiger partial charge in [-0.05, 0) is 41.8 Å². The molecule has 3 rings (SSSR count). The van der Waals surface area contributed by atoms with Crippen molar-refractivity contribution in [3.05, 3.63) is 54.5 Å². The van der Waals surface area contributed by atoms with Gasteiger partial charge in [-0.2, -0.15) is 0 Å². The van der Waals surface area contributed by atoms with Gasteiger partial charge in [0.1, 0.15) is 5.82 Å². The fourth-order valence-corrected chi connectivity index (χ4v) is 3.40. The Bertz CT molecular complexity index is 788. The van der Waals surface area contributed by atoms with Crippen molar-refractivity contribution < 1.29 is 0 Å². The molecule has 1 heterocycles. The highest BCUT2D eigenvalue weighted by molar-refractivity contribution is 5.87. The second-order valence-corrected chi connectivity index (χ2v) is 6.87. The highest BCUT2D eigenvalue weighted by atomic mass is 15.4. The molecule has 1 aliphatic rings. The Balaban J connectivity index is 1.81. The van der Waals surface area contributed by atoms with Crippen LogP contribution in [0, 0.1) is 5.92 Å². The number of rotatable bonds is 5. The number of nitrogens with two attached hydrogens (primary N) is 2. The summed E-state index contributed by atoms with van der Waals surface area (Å²) >= 11 is 0. The molecule has 1 aliphatic carbocycles. The first-order chi connectivity index (χ1) is 12.0. The maximum atomic E-state index is 6.10. The summed E-state index contributed by atoms with van der Waals surface area (Å²) in [5.41, 5.74) is 8.74. The number of hydrogen-bond acceptors (Lipinski definition) is 5. The molecular formula is C20H27N5. The number of benzene rings is 1. The Morgan fingerprint density at radius 1 is 1.24 bits per heavy atom. The van der Waals surface area contributed by atoms with Crippen molar-refractivity contribution in [2.75, 3.05) is 12.4 Å². The first-order valence-electron chi connectivity index (χ1n) is 8.84. The van der Waals surface area contributed by atoms with Crippen LogP contribution in [0.5, 0.6) is 0 Å². The molecule has 2 aromatic rings. The van der Waals surface area contributed by atoms with Gasteiger partial charge in [-0.3, -0.25) is 0 Å². The number of anilines is 1. The van der Waals surface area contributed by atoms with Gasteiger partial charge in [-0.1, -0.05) is 38.0 Å². The molecule has 0 unspecified atom stereocenters. The summed E-state index contributed by atoms with van der Waals surface area (Å²) in [6, 6.07) is 8.11. The number of hydrogen-bond donors (Lipinski definition) is 3.